The summed E-state index contributed by atoms with van der Waals surface area (Å²) in [4.78, 5) is 28.1. The maximum atomic E-state index is 12.7. The molecule has 3 aromatic rings. The molecule has 0 saturated heterocycles. The third-order valence-corrected chi connectivity index (χ3v) is 5.80. The molecule has 4 rings (SSSR count). The maximum Gasteiger partial charge on any atom is 0.254 e. The number of nitrogens with zero attached hydrogens (tertiary/aromatic N) is 1. The molecular formula is C21H18N2O2S. The van der Waals surface area contributed by atoms with Gasteiger partial charge in [-0.3, -0.25) is 9.59 Å². The molecule has 130 valence electrons. The number of carbonyl (C=O) groups is 2. The molecule has 26 heavy (non-hydrogen) atoms. The lowest BCUT2D eigenvalue weighted by atomic mass is 9.98. The zero-order valence-corrected chi connectivity index (χ0v) is 15.2. The molecule has 2 heterocycles. The van der Waals surface area contributed by atoms with Crippen LogP contribution in [-0.2, 0) is 11.3 Å². The Morgan fingerprint density at radius 3 is 2.69 bits per heavy atom. The van der Waals surface area contributed by atoms with Crippen LogP contribution in [0.25, 0.3) is 21.2 Å². The highest BCUT2D eigenvalue weighted by molar-refractivity contribution is 7.15. The summed E-state index contributed by atoms with van der Waals surface area (Å²) in [7, 11) is 0. The lowest BCUT2D eigenvalue weighted by Gasteiger charge is -2.15. The molecule has 2 N–H and O–H groups in total. The summed E-state index contributed by atoms with van der Waals surface area (Å²) in [5.74, 6) is -0.657. The molecule has 2 aromatic carbocycles. The number of nitrogens with two attached hydrogens (primary N) is 1. The third-order valence-electron chi connectivity index (χ3n) is 4.75. The molecule has 5 heteroatoms. The maximum absolute atomic E-state index is 12.7. The minimum atomic E-state index is -0.575. The standard InChI is InChI=1S/C21H18N2O2S/c1-12(20(22)24)10-23-11-18-16(21(23)25)7-6-14-4-5-15(9-17(14)18)19-8-3-13(2)26-19/h3-9H,1,10-11H2,2H3,(H2,22,24). The number of benzene rings is 2. The Morgan fingerprint density at radius 1 is 1.23 bits per heavy atom. The van der Waals surface area contributed by atoms with E-state index < -0.39 is 5.91 Å². The lowest BCUT2D eigenvalue weighted by molar-refractivity contribution is -0.114. The van der Waals surface area contributed by atoms with E-state index in [1.807, 2.05) is 12.1 Å². The average molecular weight is 362 g/mol. The molecule has 0 bridgehead atoms. The van der Waals surface area contributed by atoms with Gasteiger partial charge in [-0.25, -0.2) is 0 Å². The van der Waals surface area contributed by atoms with Crippen molar-refractivity contribution < 1.29 is 9.59 Å². The van der Waals surface area contributed by atoms with Gasteiger partial charge in [-0.15, -0.1) is 11.3 Å². The van der Waals surface area contributed by atoms with Crippen LogP contribution >= 0.6 is 11.3 Å². The fourth-order valence-corrected chi connectivity index (χ4v) is 4.23. The van der Waals surface area contributed by atoms with Gasteiger partial charge in [0.15, 0.2) is 0 Å². The molecular weight excluding hydrogens is 344 g/mol. The molecule has 0 atom stereocenters. The molecule has 2 amide bonds. The Morgan fingerprint density at radius 2 is 2.00 bits per heavy atom. The average Bonchev–Trinajstić information content (AvgIpc) is 3.19. The normalized spacial score (nSPS) is 13.3. The van der Waals surface area contributed by atoms with Gasteiger partial charge in [0.25, 0.3) is 5.91 Å². The Bertz CT molecular complexity index is 1080. The first kappa shape index (κ1) is 16.5. The zero-order chi connectivity index (χ0) is 18.4. The highest BCUT2D eigenvalue weighted by Gasteiger charge is 2.29. The number of aryl methyl sites for hydroxylation is 1. The second kappa shape index (κ2) is 6.11. The predicted octanol–water partition coefficient (Wildman–Crippen LogP) is 3.87. The fourth-order valence-electron chi connectivity index (χ4n) is 3.36. The van der Waals surface area contributed by atoms with Crippen molar-refractivity contribution in [3.63, 3.8) is 0 Å². The summed E-state index contributed by atoms with van der Waals surface area (Å²) in [6.45, 7) is 6.38. The van der Waals surface area contributed by atoms with Crippen LogP contribution in [0.5, 0.6) is 0 Å². The Kier molecular flexibility index (Phi) is 3.89. The van der Waals surface area contributed by atoms with Crippen molar-refractivity contribution in [1.82, 2.24) is 4.90 Å². The zero-order valence-electron chi connectivity index (χ0n) is 14.4. The SMILES string of the molecule is C=C(CN1Cc2c(ccc3ccc(-c4ccc(C)s4)cc23)C1=O)C(N)=O. The highest BCUT2D eigenvalue weighted by atomic mass is 32.1. The van der Waals surface area contributed by atoms with Crippen molar-refractivity contribution in [2.24, 2.45) is 5.73 Å². The minimum absolute atomic E-state index is 0.0818. The first-order chi connectivity index (χ1) is 12.4. The highest BCUT2D eigenvalue weighted by Crippen LogP contribution is 2.35. The van der Waals surface area contributed by atoms with E-state index in [1.165, 1.54) is 9.75 Å². The van der Waals surface area contributed by atoms with Crippen LogP contribution in [0.2, 0.25) is 0 Å². The van der Waals surface area contributed by atoms with E-state index in [1.54, 1.807) is 16.2 Å². The summed E-state index contributed by atoms with van der Waals surface area (Å²) in [5, 5.41) is 2.18. The molecule has 0 aliphatic carbocycles. The Hall–Kier alpha value is -2.92. The van der Waals surface area contributed by atoms with Crippen LogP contribution < -0.4 is 5.73 Å². The van der Waals surface area contributed by atoms with E-state index in [0.717, 1.165) is 21.9 Å². The number of rotatable bonds is 4. The molecule has 0 radical (unpaired) electrons. The molecule has 1 aliphatic rings. The number of hydrogen-bond donors (Lipinski definition) is 1. The van der Waals surface area contributed by atoms with Crippen molar-refractivity contribution in [3.05, 3.63) is 70.6 Å². The van der Waals surface area contributed by atoms with Gasteiger partial charge >= 0.3 is 0 Å². The van der Waals surface area contributed by atoms with E-state index in [-0.39, 0.29) is 18.0 Å². The van der Waals surface area contributed by atoms with E-state index in [9.17, 15) is 9.59 Å². The van der Waals surface area contributed by atoms with Gasteiger partial charge < -0.3 is 10.6 Å². The van der Waals surface area contributed by atoms with Crippen LogP contribution in [0, 0.1) is 6.92 Å². The van der Waals surface area contributed by atoms with Gasteiger partial charge in [-0.05, 0) is 53.1 Å². The molecule has 0 unspecified atom stereocenters. The van der Waals surface area contributed by atoms with Crippen molar-refractivity contribution in [2.45, 2.75) is 13.5 Å². The predicted molar refractivity (Wildman–Crippen MR) is 105 cm³/mol. The van der Waals surface area contributed by atoms with Gasteiger partial charge in [0.2, 0.25) is 5.91 Å². The van der Waals surface area contributed by atoms with Gasteiger partial charge in [0, 0.05) is 27.4 Å². The number of carbonyl (C=O) groups excluding carboxylic acids is 2. The first-order valence-electron chi connectivity index (χ1n) is 8.33. The third kappa shape index (κ3) is 2.70. The summed E-state index contributed by atoms with van der Waals surface area (Å²) in [5.41, 5.74) is 8.35. The molecule has 1 aliphatic heterocycles. The van der Waals surface area contributed by atoms with Crippen molar-refractivity contribution in [2.75, 3.05) is 6.54 Å². The van der Waals surface area contributed by atoms with Gasteiger partial charge in [0.1, 0.15) is 0 Å². The van der Waals surface area contributed by atoms with E-state index in [2.05, 4.69) is 43.8 Å². The van der Waals surface area contributed by atoms with Crippen LogP contribution in [-0.4, -0.2) is 23.3 Å². The number of primary amides is 1. The Balaban J connectivity index is 1.77. The summed E-state index contributed by atoms with van der Waals surface area (Å²) >= 11 is 1.76. The summed E-state index contributed by atoms with van der Waals surface area (Å²) < 4.78 is 0. The lowest BCUT2D eigenvalue weighted by Crippen LogP contribution is -2.30. The molecule has 1 aromatic heterocycles. The number of hydrogen-bond acceptors (Lipinski definition) is 3. The van der Waals surface area contributed by atoms with E-state index in [4.69, 9.17) is 5.73 Å². The van der Waals surface area contributed by atoms with Crippen molar-refractivity contribution >= 4 is 33.9 Å². The number of fused-ring (bicyclic) bond motifs is 3. The second-order valence-electron chi connectivity index (χ2n) is 6.57. The van der Waals surface area contributed by atoms with Crippen molar-refractivity contribution in [3.8, 4) is 10.4 Å². The van der Waals surface area contributed by atoms with Gasteiger partial charge in [-0.2, -0.15) is 0 Å². The van der Waals surface area contributed by atoms with E-state index in [0.29, 0.717) is 12.1 Å². The van der Waals surface area contributed by atoms with Crippen molar-refractivity contribution in [1.29, 1.82) is 0 Å². The monoisotopic (exact) mass is 362 g/mol. The van der Waals surface area contributed by atoms with E-state index >= 15 is 0 Å². The van der Waals surface area contributed by atoms with Crippen LogP contribution in [0.15, 0.2) is 54.6 Å². The topological polar surface area (TPSA) is 63.4 Å². The van der Waals surface area contributed by atoms with Gasteiger partial charge in [0.05, 0.1) is 6.54 Å². The summed E-state index contributed by atoms with van der Waals surface area (Å²) in [6, 6.07) is 14.4. The molecule has 0 saturated carbocycles. The fraction of sp³-hybridized carbons (Fsp3) is 0.143. The van der Waals surface area contributed by atoms with Crippen LogP contribution in [0.3, 0.4) is 0 Å². The van der Waals surface area contributed by atoms with Crippen LogP contribution in [0.4, 0.5) is 0 Å². The molecule has 0 spiro atoms. The Labute approximate surface area is 155 Å². The molecule has 0 fully saturated rings. The summed E-state index contributed by atoms with van der Waals surface area (Å²) in [6.07, 6.45) is 0. The first-order valence-corrected chi connectivity index (χ1v) is 9.15. The quantitative estimate of drug-likeness (QED) is 0.716. The number of thiophene rings is 1. The number of amides is 2. The van der Waals surface area contributed by atoms with Gasteiger partial charge in [-0.1, -0.05) is 24.8 Å². The second-order valence-corrected chi connectivity index (χ2v) is 7.85. The minimum Gasteiger partial charge on any atom is -0.366 e. The molecule has 4 nitrogen and oxygen atoms in total. The van der Waals surface area contributed by atoms with Crippen LogP contribution in [0.1, 0.15) is 20.8 Å². The largest absolute Gasteiger partial charge is 0.366 e. The smallest absolute Gasteiger partial charge is 0.254 e.